The fourth-order valence-corrected chi connectivity index (χ4v) is 9.28. The third kappa shape index (κ3) is 8.61. The van der Waals surface area contributed by atoms with Crippen molar-refractivity contribution >= 4 is 51.0 Å². The number of alkyl halides is 1. The van der Waals surface area contributed by atoms with Crippen molar-refractivity contribution in [2.75, 3.05) is 49.1 Å². The maximum absolute atomic E-state index is 15.0. The Morgan fingerprint density at radius 3 is 2.37 bits per heavy atom. The van der Waals surface area contributed by atoms with E-state index in [1.54, 1.807) is 22.0 Å². The Labute approximate surface area is 327 Å². The van der Waals surface area contributed by atoms with Gasteiger partial charge in [0.05, 0.1) is 24.5 Å². The van der Waals surface area contributed by atoms with Gasteiger partial charge in [0.1, 0.15) is 17.7 Å². The third-order valence-corrected chi connectivity index (χ3v) is 11.8. The monoisotopic (exact) mass is 806 g/mol. The van der Waals surface area contributed by atoms with E-state index in [9.17, 15) is 19.5 Å². The molecule has 3 aliphatic heterocycles. The van der Waals surface area contributed by atoms with Gasteiger partial charge in [-0.2, -0.15) is 0 Å². The molecule has 0 aromatic heterocycles. The number of rotatable bonds is 21. The van der Waals surface area contributed by atoms with Crippen LogP contribution in [0.4, 0.5) is 11.4 Å². The molecule has 3 heterocycles. The fraction of sp³-hybridized carbons (Fsp3) is 0.524. The number of hydrogen-bond acceptors (Lipinski definition) is 8. The van der Waals surface area contributed by atoms with Gasteiger partial charge < -0.3 is 34.6 Å². The lowest BCUT2D eigenvalue weighted by molar-refractivity contribution is -0.160. The molecule has 2 bridgehead atoms. The number of carbonyl (C=O) groups excluding carboxylic acids is 4. The van der Waals surface area contributed by atoms with E-state index in [1.165, 1.54) is 0 Å². The summed E-state index contributed by atoms with van der Waals surface area (Å²) in [7, 11) is 0. The van der Waals surface area contributed by atoms with E-state index in [1.807, 2.05) is 54.6 Å². The van der Waals surface area contributed by atoms with Crippen LogP contribution in [0, 0.1) is 11.8 Å². The number of halogens is 1. The Kier molecular flexibility index (Phi) is 14.5. The van der Waals surface area contributed by atoms with Gasteiger partial charge in [0, 0.05) is 55.4 Å². The van der Waals surface area contributed by atoms with Crippen molar-refractivity contribution in [1.82, 2.24) is 10.2 Å². The average molecular weight is 808 g/mol. The minimum Gasteiger partial charge on any atom is -0.455 e. The predicted octanol–water partition coefficient (Wildman–Crippen LogP) is 5.72. The number of nitrogens with one attached hydrogen (secondary N) is 1. The Morgan fingerprint density at radius 1 is 1.04 bits per heavy atom. The van der Waals surface area contributed by atoms with Crippen LogP contribution in [0.2, 0.25) is 0 Å². The number of benzene rings is 2. The van der Waals surface area contributed by atoms with Crippen LogP contribution in [0.15, 0.2) is 79.9 Å². The number of ether oxygens (including phenoxy) is 2. The highest BCUT2D eigenvalue weighted by molar-refractivity contribution is 9.09. The highest BCUT2D eigenvalue weighted by atomic mass is 79.9. The van der Waals surface area contributed by atoms with E-state index < -0.39 is 41.7 Å². The van der Waals surface area contributed by atoms with E-state index in [0.717, 1.165) is 31.6 Å². The van der Waals surface area contributed by atoms with E-state index in [0.29, 0.717) is 43.5 Å². The number of allylic oxidation sites excluding steroid dienone is 1. The summed E-state index contributed by atoms with van der Waals surface area (Å²) in [4.78, 5) is 61.9. The molecule has 3 aliphatic rings. The molecule has 5 rings (SSSR count). The minimum atomic E-state index is -1.27. The fourth-order valence-electron chi connectivity index (χ4n) is 8.34. The molecule has 0 radical (unpaired) electrons. The molecular weight excluding hydrogens is 752 g/mol. The highest BCUT2D eigenvalue weighted by Gasteiger charge is 2.77. The van der Waals surface area contributed by atoms with Crippen LogP contribution >= 0.6 is 15.9 Å². The molecule has 0 saturated carbocycles. The molecule has 3 saturated heterocycles. The third-order valence-electron chi connectivity index (χ3n) is 11.0. The first-order valence-corrected chi connectivity index (χ1v) is 20.2. The van der Waals surface area contributed by atoms with Crippen LogP contribution in [0.3, 0.4) is 0 Å². The number of aliphatic hydroxyl groups is 1. The summed E-state index contributed by atoms with van der Waals surface area (Å²) in [6, 6.07) is 16.0. The maximum atomic E-state index is 15.0. The number of fused-ring (bicyclic) bond motifs is 1. The van der Waals surface area contributed by atoms with Gasteiger partial charge >= 0.3 is 5.97 Å². The van der Waals surface area contributed by atoms with Gasteiger partial charge in [-0.3, -0.25) is 19.2 Å². The normalized spacial score (nSPS) is 24.5. The Hall–Kier alpha value is -4.00. The Balaban J connectivity index is 1.47. The maximum Gasteiger partial charge on any atom is 0.313 e. The number of likely N-dealkylation sites (tertiary alicyclic amines) is 1. The zero-order chi connectivity index (χ0) is 38.8. The van der Waals surface area contributed by atoms with Crippen molar-refractivity contribution in [3.8, 4) is 0 Å². The Bertz CT molecular complexity index is 1620. The molecular formula is C42H55BrN4O7. The highest BCUT2D eigenvalue weighted by Crippen LogP contribution is 2.60. The molecule has 12 heteroatoms. The number of nitrogens with zero attached hydrogens (tertiary/aromatic N) is 3. The molecule has 1 spiro atoms. The summed E-state index contributed by atoms with van der Waals surface area (Å²) in [5.74, 6) is -3.31. The Morgan fingerprint density at radius 2 is 1.72 bits per heavy atom. The van der Waals surface area contributed by atoms with Crippen LogP contribution < -0.4 is 15.1 Å². The van der Waals surface area contributed by atoms with Crippen molar-refractivity contribution in [3.05, 3.63) is 85.5 Å². The number of amides is 3. The van der Waals surface area contributed by atoms with Crippen molar-refractivity contribution in [3.63, 3.8) is 0 Å². The van der Waals surface area contributed by atoms with Crippen LogP contribution in [-0.4, -0.2) is 95.6 Å². The number of aliphatic hydroxyl groups excluding tert-OH is 1. The number of hydrogen-bond donors (Lipinski definition) is 2. The van der Waals surface area contributed by atoms with Gasteiger partial charge in [-0.1, -0.05) is 71.3 Å². The van der Waals surface area contributed by atoms with Crippen molar-refractivity contribution in [1.29, 1.82) is 0 Å². The molecule has 11 nitrogen and oxygen atoms in total. The van der Waals surface area contributed by atoms with Crippen molar-refractivity contribution in [2.45, 2.75) is 87.5 Å². The molecule has 2 N–H and O–H groups in total. The molecule has 54 heavy (non-hydrogen) atoms. The SMILES string of the molecule is C=CCCC(=O)NC[C@H](OC(=O)[C@H]1[C@@H]2O[C@@]3(CC2Br)[C@@H]1C(=O)N(CCCCCCO)[C@@H]3C(=O)N(CC=C)c1ccc(N(CC)CC)cc1)c1ccccc1. The second-order valence-corrected chi connectivity index (χ2v) is 15.4. The predicted molar refractivity (Wildman–Crippen MR) is 213 cm³/mol. The van der Waals surface area contributed by atoms with Gasteiger partial charge in [0.15, 0.2) is 0 Å². The molecule has 2 aromatic carbocycles. The van der Waals surface area contributed by atoms with Crippen LogP contribution in [0.1, 0.15) is 70.5 Å². The lowest BCUT2D eigenvalue weighted by atomic mass is 9.70. The van der Waals surface area contributed by atoms with Gasteiger partial charge in [0.25, 0.3) is 5.91 Å². The summed E-state index contributed by atoms with van der Waals surface area (Å²) in [5.41, 5.74) is 1.14. The second-order valence-electron chi connectivity index (χ2n) is 14.2. The van der Waals surface area contributed by atoms with Crippen LogP contribution in [0.25, 0.3) is 0 Å². The first-order chi connectivity index (χ1) is 26.1. The first kappa shape index (κ1) is 41.2. The molecule has 292 valence electrons. The van der Waals surface area contributed by atoms with Crippen LogP contribution in [0.5, 0.6) is 0 Å². The quantitative estimate of drug-likeness (QED) is 0.0710. The summed E-state index contributed by atoms with van der Waals surface area (Å²) >= 11 is 3.77. The standard InChI is InChI=1S/C42H55BrN4O7/c1-5-9-19-34(49)44-28-33(29-17-13-12-14-18-29)53-41(52)35-36-39(50)47(25-15-10-11-16-26-48)38(42(36)27-32(43)37(35)54-42)40(51)46(24-6-2)31-22-20-30(21-23-31)45(7-3)8-4/h5-6,12-14,17-18,20-23,32-33,35-38,48H,1-2,7-11,15-16,19,24-28H2,3-4H3,(H,44,49)/t32?,33-,35+,36-,37+,38+,42-/m0/s1. The molecule has 7 atom stereocenters. The molecule has 1 unspecified atom stereocenters. The second kappa shape index (κ2) is 19.0. The smallest absolute Gasteiger partial charge is 0.313 e. The summed E-state index contributed by atoms with van der Waals surface area (Å²) in [6.07, 6.45) is 5.79. The number of carbonyl (C=O) groups is 4. The summed E-state index contributed by atoms with van der Waals surface area (Å²) in [5, 5.41) is 12.2. The molecule has 3 amide bonds. The number of anilines is 2. The topological polar surface area (TPSA) is 129 Å². The van der Waals surface area contributed by atoms with E-state index >= 15 is 4.79 Å². The minimum absolute atomic E-state index is 0.0517. The molecule has 2 aromatic rings. The lowest BCUT2D eigenvalue weighted by Crippen LogP contribution is -2.57. The zero-order valence-corrected chi connectivity index (χ0v) is 33.1. The van der Waals surface area contributed by atoms with Gasteiger partial charge in [-0.15, -0.1) is 13.2 Å². The number of unbranched alkanes of at least 4 members (excludes halogenated alkanes) is 3. The van der Waals surface area contributed by atoms with Crippen molar-refractivity contribution in [2.24, 2.45) is 11.8 Å². The zero-order valence-electron chi connectivity index (χ0n) is 31.5. The summed E-state index contributed by atoms with van der Waals surface area (Å²) < 4.78 is 13.0. The summed E-state index contributed by atoms with van der Waals surface area (Å²) in [6.45, 7) is 14.2. The lowest BCUT2D eigenvalue weighted by Gasteiger charge is -2.37. The first-order valence-electron chi connectivity index (χ1n) is 19.3. The average Bonchev–Trinajstić information content (AvgIpc) is 3.78. The largest absolute Gasteiger partial charge is 0.455 e. The van der Waals surface area contributed by atoms with Gasteiger partial charge in [0.2, 0.25) is 11.8 Å². The van der Waals surface area contributed by atoms with Gasteiger partial charge in [-0.25, -0.2) is 0 Å². The number of esters is 1. The van der Waals surface area contributed by atoms with E-state index in [-0.39, 0.29) is 48.7 Å². The molecule has 3 fully saturated rings. The molecule has 0 aliphatic carbocycles. The van der Waals surface area contributed by atoms with Crippen LogP contribution in [-0.2, 0) is 28.7 Å². The van der Waals surface area contributed by atoms with E-state index in [4.69, 9.17) is 9.47 Å². The van der Waals surface area contributed by atoms with E-state index in [2.05, 4.69) is 53.2 Å². The van der Waals surface area contributed by atoms with Gasteiger partial charge in [-0.05, 0) is 69.4 Å². The van der Waals surface area contributed by atoms with Crippen molar-refractivity contribution < 1.29 is 33.8 Å².